The van der Waals surface area contributed by atoms with Crippen LogP contribution in [0.15, 0.2) is 18.2 Å². The predicted molar refractivity (Wildman–Crippen MR) is 66.8 cm³/mol. The smallest absolute Gasteiger partial charge is 0.296 e. The average molecular weight is 239 g/mol. The molecule has 1 aromatic rings. The number of anilines is 1. The third kappa shape index (κ3) is 3.32. The Balaban J connectivity index is 3.01. The van der Waals surface area contributed by atoms with Crippen LogP contribution in [-0.4, -0.2) is 39.2 Å². The van der Waals surface area contributed by atoms with Gasteiger partial charge >= 0.3 is 0 Å². The van der Waals surface area contributed by atoms with E-state index in [1.807, 2.05) is 19.0 Å². The van der Waals surface area contributed by atoms with Gasteiger partial charge in [0.2, 0.25) is 0 Å². The Bertz CT molecular complexity index is 396. The number of rotatable bonds is 6. The molecule has 6 nitrogen and oxygen atoms in total. The number of nitro groups is 1. The van der Waals surface area contributed by atoms with Gasteiger partial charge < -0.3 is 15.0 Å². The number of benzene rings is 1. The molecule has 17 heavy (non-hydrogen) atoms. The zero-order valence-electron chi connectivity index (χ0n) is 10.3. The third-order valence-corrected chi connectivity index (χ3v) is 2.49. The van der Waals surface area contributed by atoms with Gasteiger partial charge in [-0.1, -0.05) is 0 Å². The van der Waals surface area contributed by atoms with E-state index in [2.05, 4.69) is 5.32 Å². The monoisotopic (exact) mass is 239 g/mol. The Kier molecular flexibility index (Phi) is 4.71. The van der Waals surface area contributed by atoms with Crippen molar-refractivity contribution in [2.45, 2.75) is 0 Å². The molecule has 1 rings (SSSR count). The number of hydrogen-bond donors (Lipinski definition) is 1. The molecule has 0 spiro atoms. The summed E-state index contributed by atoms with van der Waals surface area (Å²) in [5.74, 6) is 0.488. The Morgan fingerprint density at radius 3 is 2.76 bits per heavy atom. The van der Waals surface area contributed by atoms with E-state index in [0.717, 1.165) is 6.54 Å². The summed E-state index contributed by atoms with van der Waals surface area (Å²) in [5, 5.41) is 14.0. The van der Waals surface area contributed by atoms with E-state index in [1.54, 1.807) is 12.1 Å². The lowest BCUT2D eigenvalue weighted by Gasteiger charge is -2.19. The highest BCUT2D eigenvalue weighted by atomic mass is 16.6. The van der Waals surface area contributed by atoms with Crippen LogP contribution in [-0.2, 0) is 0 Å². The van der Waals surface area contributed by atoms with E-state index < -0.39 is 4.92 Å². The zero-order valence-corrected chi connectivity index (χ0v) is 10.3. The van der Waals surface area contributed by atoms with Gasteiger partial charge in [0.15, 0.2) is 0 Å². The van der Waals surface area contributed by atoms with Crippen LogP contribution in [0.2, 0.25) is 0 Å². The SMILES string of the molecule is CNCCN(C)c1ccc(OC)cc1[N+](=O)[O-]. The molecule has 0 aromatic heterocycles. The van der Waals surface area contributed by atoms with Gasteiger partial charge in [-0.2, -0.15) is 0 Å². The molecule has 0 unspecified atom stereocenters. The number of ether oxygens (including phenoxy) is 1. The quantitative estimate of drug-likeness (QED) is 0.598. The first kappa shape index (κ1) is 13.2. The number of likely N-dealkylation sites (N-methyl/N-ethyl adjacent to an activating group) is 2. The van der Waals surface area contributed by atoms with E-state index in [1.165, 1.54) is 13.2 Å². The van der Waals surface area contributed by atoms with Crippen LogP contribution in [0, 0.1) is 10.1 Å². The molecule has 0 atom stereocenters. The largest absolute Gasteiger partial charge is 0.496 e. The van der Waals surface area contributed by atoms with Crippen molar-refractivity contribution in [3.63, 3.8) is 0 Å². The highest BCUT2D eigenvalue weighted by molar-refractivity contribution is 5.65. The molecule has 0 radical (unpaired) electrons. The first-order chi connectivity index (χ1) is 8.10. The lowest BCUT2D eigenvalue weighted by Crippen LogP contribution is -2.27. The van der Waals surface area contributed by atoms with Gasteiger partial charge in [-0.25, -0.2) is 0 Å². The Labute approximate surface area is 100 Å². The average Bonchev–Trinajstić information content (AvgIpc) is 2.35. The topological polar surface area (TPSA) is 67.6 Å². The van der Waals surface area contributed by atoms with E-state index in [9.17, 15) is 10.1 Å². The summed E-state index contributed by atoms with van der Waals surface area (Å²) < 4.78 is 4.99. The maximum atomic E-state index is 11.0. The van der Waals surface area contributed by atoms with E-state index in [4.69, 9.17) is 4.74 Å². The molecule has 0 fully saturated rings. The fourth-order valence-electron chi connectivity index (χ4n) is 1.50. The lowest BCUT2D eigenvalue weighted by atomic mass is 10.2. The van der Waals surface area contributed by atoms with Crippen LogP contribution < -0.4 is 15.0 Å². The summed E-state index contributed by atoms with van der Waals surface area (Å²) in [5.41, 5.74) is 0.647. The lowest BCUT2D eigenvalue weighted by molar-refractivity contribution is -0.384. The van der Waals surface area contributed by atoms with Gasteiger partial charge in [-0.15, -0.1) is 0 Å². The van der Waals surface area contributed by atoms with Gasteiger partial charge in [0.1, 0.15) is 11.4 Å². The Morgan fingerprint density at radius 2 is 2.24 bits per heavy atom. The standard InChI is InChI=1S/C11H17N3O3/c1-12-6-7-13(2)10-5-4-9(17-3)8-11(10)14(15)16/h4-5,8,12H,6-7H2,1-3H3. The number of methoxy groups -OCH3 is 1. The second kappa shape index (κ2) is 6.05. The summed E-state index contributed by atoms with van der Waals surface area (Å²) in [7, 11) is 5.16. The van der Waals surface area contributed by atoms with Crippen molar-refractivity contribution in [3.05, 3.63) is 28.3 Å². The highest BCUT2D eigenvalue weighted by Gasteiger charge is 2.17. The number of nitro benzene ring substituents is 1. The van der Waals surface area contributed by atoms with Crippen molar-refractivity contribution in [3.8, 4) is 5.75 Å². The molecule has 0 saturated heterocycles. The van der Waals surface area contributed by atoms with Crippen molar-refractivity contribution < 1.29 is 9.66 Å². The number of nitrogens with zero attached hydrogens (tertiary/aromatic N) is 2. The third-order valence-electron chi connectivity index (χ3n) is 2.49. The van der Waals surface area contributed by atoms with Crippen LogP contribution >= 0.6 is 0 Å². The molecule has 0 bridgehead atoms. The number of hydrogen-bond acceptors (Lipinski definition) is 5. The second-order valence-electron chi connectivity index (χ2n) is 3.64. The normalized spacial score (nSPS) is 10.1. The van der Waals surface area contributed by atoms with Crippen molar-refractivity contribution in [2.24, 2.45) is 0 Å². The van der Waals surface area contributed by atoms with Crippen molar-refractivity contribution in [2.75, 3.05) is 39.2 Å². The van der Waals surface area contributed by atoms with Gasteiger partial charge in [0.05, 0.1) is 18.1 Å². The molecule has 0 aliphatic heterocycles. The van der Waals surface area contributed by atoms with Crippen LogP contribution in [0.4, 0.5) is 11.4 Å². The van der Waals surface area contributed by atoms with E-state index >= 15 is 0 Å². The van der Waals surface area contributed by atoms with Gasteiger partial charge in [-0.3, -0.25) is 10.1 Å². The minimum atomic E-state index is -0.395. The minimum absolute atomic E-state index is 0.0583. The van der Waals surface area contributed by atoms with Crippen LogP contribution in [0.5, 0.6) is 5.75 Å². The molecule has 0 aliphatic carbocycles. The molecule has 0 amide bonds. The maximum Gasteiger partial charge on any atom is 0.296 e. The van der Waals surface area contributed by atoms with Gasteiger partial charge in [0.25, 0.3) is 5.69 Å². The molecule has 6 heteroatoms. The molecule has 0 aliphatic rings. The summed E-state index contributed by atoms with van der Waals surface area (Å²) in [4.78, 5) is 12.4. The fraction of sp³-hybridized carbons (Fsp3) is 0.455. The fourth-order valence-corrected chi connectivity index (χ4v) is 1.50. The summed E-state index contributed by atoms with van der Waals surface area (Å²) in [6, 6.07) is 4.86. The predicted octanol–water partition coefficient (Wildman–Crippen LogP) is 1.26. The first-order valence-electron chi connectivity index (χ1n) is 5.28. The van der Waals surface area contributed by atoms with Crippen LogP contribution in [0.3, 0.4) is 0 Å². The summed E-state index contributed by atoms with van der Waals surface area (Å²) >= 11 is 0. The molecule has 1 aromatic carbocycles. The molecule has 0 saturated carbocycles. The molecular formula is C11H17N3O3. The van der Waals surface area contributed by atoms with E-state index in [-0.39, 0.29) is 5.69 Å². The molecule has 1 N–H and O–H groups in total. The second-order valence-corrected chi connectivity index (χ2v) is 3.64. The highest BCUT2D eigenvalue weighted by Crippen LogP contribution is 2.31. The molecule has 94 valence electrons. The van der Waals surface area contributed by atoms with Crippen LogP contribution in [0.25, 0.3) is 0 Å². The Morgan fingerprint density at radius 1 is 1.53 bits per heavy atom. The molecular weight excluding hydrogens is 222 g/mol. The van der Waals surface area contributed by atoms with Crippen molar-refractivity contribution in [1.82, 2.24) is 5.32 Å². The van der Waals surface area contributed by atoms with Gasteiger partial charge in [0, 0.05) is 20.1 Å². The van der Waals surface area contributed by atoms with Crippen LogP contribution in [0.1, 0.15) is 0 Å². The first-order valence-corrected chi connectivity index (χ1v) is 5.28. The van der Waals surface area contributed by atoms with Crippen molar-refractivity contribution >= 4 is 11.4 Å². The summed E-state index contributed by atoms with van der Waals surface area (Å²) in [6.45, 7) is 1.46. The Hall–Kier alpha value is -1.82. The van der Waals surface area contributed by atoms with E-state index in [0.29, 0.717) is 18.0 Å². The van der Waals surface area contributed by atoms with Gasteiger partial charge in [-0.05, 0) is 19.2 Å². The maximum absolute atomic E-state index is 11.0. The zero-order chi connectivity index (χ0) is 12.8. The minimum Gasteiger partial charge on any atom is -0.496 e. The summed E-state index contributed by atoms with van der Waals surface area (Å²) in [6.07, 6.45) is 0. The number of nitrogens with one attached hydrogen (secondary N) is 1. The van der Waals surface area contributed by atoms with Crippen molar-refractivity contribution in [1.29, 1.82) is 0 Å². The molecule has 0 heterocycles.